The number of likely N-dealkylation sites (tertiary alicyclic amines) is 1. The van der Waals surface area contributed by atoms with Crippen molar-refractivity contribution in [1.82, 2.24) is 20.5 Å². The van der Waals surface area contributed by atoms with E-state index >= 15 is 0 Å². The van der Waals surface area contributed by atoms with Crippen LogP contribution in [0.4, 0.5) is 0 Å². The Labute approximate surface area is 151 Å². The number of rotatable bonds is 6. The molecule has 0 radical (unpaired) electrons. The molecule has 0 saturated carbocycles. The molecule has 124 valence electrons. The number of pyridine rings is 1. The highest BCUT2D eigenvalue weighted by Crippen LogP contribution is 2.14. The first-order chi connectivity index (χ1) is 10.3. The first-order valence-corrected chi connectivity index (χ1v) is 7.88. The zero-order chi connectivity index (χ0) is 14.9. The average Bonchev–Trinajstić information content (AvgIpc) is 3.00. The van der Waals surface area contributed by atoms with Gasteiger partial charge in [0.15, 0.2) is 5.96 Å². The van der Waals surface area contributed by atoms with Gasteiger partial charge in [0.2, 0.25) is 0 Å². The van der Waals surface area contributed by atoms with Gasteiger partial charge in [-0.05, 0) is 37.6 Å². The number of guanidine groups is 1. The Balaban J connectivity index is 0.00000242. The number of nitrogens with one attached hydrogen (secondary N) is 2. The lowest BCUT2D eigenvalue weighted by Crippen LogP contribution is -2.41. The predicted molar refractivity (Wildman–Crippen MR) is 103 cm³/mol. The lowest BCUT2D eigenvalue weighted by molar-refractivity contribution is 0.342. The molecular weight excluding hydrogens is 389 g/mol. The minimum Gasteiger partial charge on any atom is -0.356 e. The number of hydrogen-bond acceptors (Lipinski definition) is 3. The topological polar surface area (TPSA) is 52.5 Å². The van der Waals surface area contributed by atoms with E-state index in [4.69, 9.17) is 0 Å². The summed E-state index contributed by atoms with van der Waals surface area (Å²) in [5, 5.41) is 6.79. The van der Waals surface area contributed by atoms with Gasteiger partial charge in [-0.3, -0.25) is 9.98 Å². The van der Waals surface area contributed by atoms with Crippen LogP contribution in [0.15, 0.2) is 29.4 Å². The highest BCUT2D eigenvalue weighted by Gasteiger charge is 2.20. The molecule has 2 heterocycles. The van der Waals surface area contributed by atoms with Gasteiger partial charge in [0.25, 0.3) is 0 Å². The molecule has 1 aromatic heterocycles. The Morgan fingerprint density at radius 3 is 2.91 bits per heavy atom. The Bertz CT molecular complexity index is 437. The van der Waals surface area contributed by atoms with Gasteiger partial charge in [0, 0.05) is 45.0 Å². The Morgan fingerprint density at radius 1 is 1.41 bits per heavy atom. The summed E-state index contributed by atoms with van der Waals surface area (Å²) in [5.41, 5.74) is 1.11. The Morgan fingerprint density at radius 2 is 2.27 bits per heavy atom. The lowest BCUT2D eigenvalue weighted by Gasteiger charge is -2.16. The maximum atomic E-state index is 4.32. The van der Waals surface area contributed by atoms with Crippen molar-refractivity contribution in [3.63, 3.8) is 0 Å². The van der Waals surface area contributed by atoms with E-state index in [2.05, 4.69) is 38.5 Å². The van der Waals surface area contributed by atoms with Gasteiger partial charge in [-0.2, -0.15) is 0 Å². The molecule has 2 rings (SSSR count). The summed E-state index contributed by atoms with van der Waals surface area (Å²) in [6.07, 6.45) is 4.03. The molecule has 0 amide bonds. The zero-order valence-electron chi connectivity index (χ0n) is 13.6. The van der Waals surface area contributed by atoms with Crippen LogP contribution in [0.3, 0.4) is 0 Å². The van der Waals surface area contributed by atoms with Gasteiger partial charge in [-0.25, -0.2) is 0 Å². The molecule has 1 atom stereocenters. The summed E-state index contributed by atoms with van der Waals surface area (Å²) < 4.78 is 0. The van der Waals surface area contributed by atoms with E-state index < -0.39 is 0 Å². The van der Waals surface area contributed by atoms with Crippen LogP contribution in [-0.4, -0.2) is 55.6 Å². The van der Waals surface area contributed by atoms with Crippen molar-refractivity contribution < 1.29 is 0 Å². The molecule has 22 heavy (non-hydrogen) atoms. The highest BCUT2D eigenvalue weighted by molar-refractivity contribution is 14.0. The Hall–Kier alpha value is -0.890. The second-order valence-corrected chi connectivity index (χ2v) is 5.50. The van der Waals surface area contributed by atoms with Gasteiger partial charge in [0.05, 0.1) is 0 Å². The van der Waals surface area contributed by atoms with Crippen LogP contribution in [0.25, 0.3) is 0 Å². The maximum Gasteiger partial charge on any atom is 0.190 e. The fourth-order valence-corrected chi connectivity index (χ4v) is 2.68. The third-order valence-corrected chi connectivity index (χ3v) is 4.00. The van der Waals surface area contributed by atoms with E-state index in [-0.39, 0.29) is 24.0 Å². The molecule has 1 aliphatic heterocycles. The normalized spacial score (nSPS) is 18.8. The molecule has 1 fully saturated rings. The van der Waals surface area contributed by atoms with Gasteiger partial charge >= 0.3 is 0 Å². The summed E-state index contributed by atoms with van der Waals surface area (Å²) in [6.45, 7) is 7.67. The molecule has 1 unspecified atom stereocenters. The third-order valence-electron chi connectivity index (χ3n) is 4.00. The van der Waals surface area contributed by atoms with E-state index in [1.807, 2.05) is 25.4 Å². The second kappa shape index (κ2) is 10.8. The lowest BCUT2D eigenvalue weighted by atomic mass is 10.1. The van der Waals surface area contributed by atoms with Gasteiger partial charge < -0.3 is 15.5 Å². The molecule has 0 aromatic carbocycles. The number of halogens is 1. The van der Waals surface area contributed by atoms with E-state index in [9.17, 15) is 0 Å². The number of aliphatic imine (C=N–C) groups is 1. The van der Waals surface area contributed by atoms with E-state index in [0.29, 0.717) is 0 Å². The minimum atomic E-state index is 0. The summed E-state index contributed by atoms with van der Waals surface area (Å²) in [5.74, 6) is 1.63. The second-order valence-electron chi connectivity index (χ2n) is 5.50. The van der Waals surface area contributed by atoms with Crippen molar-refractivity contribution in [3.8, 4) is 0 Å². The zero-order valence-corrected chi connectivity index (χ0v) is 15.9. The fraction of sp³-hybridized carbons (Fsp3) is 0.625. The molecular formula is C16H28IN5. The third kappa shape index (κ3) is 6.48. The molecule has 5 nitrogen and oxygen atoms in total. The fourth-order valence-electron chi connectivity index (χ4n) is 2.68. The van der Waals surface area contributed by atoms with Crippen LogP contribution in [0, 0.1) is 5.92 Å². The molecule has 6 heteroatoms. The van der Waals surface area contributed by atoms with Crippen LogP contribution in [-0.2, 0) is 6.42 Å². The minimum absolute atomic E-state index is 0. The SMILES string of the molecule is CCN1CCC(CNC(=NC)NCCc2ccccn2)C1.I. The summed E-state index contributed by atoms with van der Waals surface area (Å²) >= 11 is 0. The van der Waals surface area contributed by atoms with Crippen LogP contribution in [0.2, 0.25) is 0 Å². The van der Waals surface area contributed by atoms with Crippen LogP contribution < -0.4 is 10.6 Å². The number of hydrogen-bond donors (Lipinski definition) is 2. The van der Waals surface area contributed by atoms with E-state index in [1.165, 1.54) is 19.5 Å². The van der Waals surface area contributed by atoms with Crippen molar-refractivity contribution in [3.05, 3.63) is 30.1 Å². The van der Waals surface area contributed by atoms with Crippen LogP contribution >= 0.6 is 24.0 Å². The van der Waals surface area contributed by atoms with Crippen LogP contribution in [0.1, 0.15) is 19.0 Å². The molecule has 1 saturated heterocycles. The van der Waals surface area contributed by atoms with E-state index in [1.54, 1.807) is 0 Å². The number of aromatic nitrogens is 1. The van der Waals surface area contributed by atoms with Crippen molar-refractivity contribution in [2.75, 3.05) is 39.8 Å². The monoisotopic (exact) mass is 417 g/mol. The highest BCUT2D eigenvalue weighted by atomic mass is 127. The van der Waals surface area contributed by atoms with Gasteiger partial charge in [-0.15, -0.1) is 24.0 Å². The molecule has 0 bridgehead atoms. The van der Waals surface area contributed by atoms with Crippen molar-refractivity contribution in [1.29, 1.82) is 0 Å². The first kappa shape index (κ1) is 19.2. The Kier molecular flexibility index (Phi) is 9.38. The molecule has 1 aromatic rings. The summed E-state index contributed by atoms with van der Waals surface area (Å²) in [6, 6.07) is 6.02. The summed E-state index contributed by atoms with van der Waals surface area (Å²) in [7, 11) is 1.82. The molecule has 1 aliphatic rings. The molecule has 0 aliphatic carbocycles. The average molecular weight is 417 g/mol. The quantitative estimate of drug-likeness (QED) is 0.421. The van der Waals surface area contributed by atoms with Gasteiger partial charge in [-0.1, -0.05) is 13.0 Å². The molecule has 0 spiro atoms. The number of nitrogens with zero attached hydrogens (tertiary/aromatic N) is 3. The standard InChI is InChI=1S/C16H27N5.HI/c1-3-21-11-8-14(13-21)12-20-16(17-2)19-10-7-15-6-4-5-9-18-15;/h4-6,9,14H,3,7-8,10-13H2,1-2H3,(H2,17,19,20);1H. The van der Waals surface area contributed by atoms with E-state index in [0.717, 1.165) is 43.6 Å². The van der Waals surface area contributed by atoms with Crippen molar-refractivity contribution >= 4 is 29.9 Å². The summed E-state index contributed by atoms with van der Waals surface area (Å²) in [4.78, 5) is 11.1. The van der Waals surface area contributed by atoms with Crippen molar-refractivity contribution in [2.45, 2.75) is 19.8 Å². The molecule has 2 N–H and O–H groups in total. The largest absolute Gasteiger partial charge is 0.356 e. The van der Waals surface area contributed by atoms with Crippen LogP contribution in [0.5, 0.6) is 0 Å². The van der Waals surface area contributed by atoms with Gasteiger partial charge in [0.1, 0.15) is 0 Å². The van der Waals surface area contributed by atoms with Crippen molar-refractivity contribution in [2.24, 2.45) is 10.9 Å². The first-order valence-electron chi connectivity index (χ1n) is 7.88. The maximum absolute atomic E-state index is 4.32. The predicted octanol–water partition coefficient (Wildman–Crippen LogP) is 1.75. The smallest absolute Gasteiger partial charge is 0.190 e.